The van der Waals surface area contributed by atoms with E-state index in [0.717, 1.165) is 0 Å². The summed E-state index contributed by atoms with van der Waals surface area (Å²) in [5.74, 6) is 0.579. The summed E-state index contributed by atoms with van der Waals surface area (Å²) in [6.45, 7) is 2.59. The van der Waals surface area contributed by atoms with Gasteiger partial charge in [0, 0.05) is 6.61 Å². The minimum atomic E-state index is -3.15. The molecule has 0 aromatic heterocycles. The van der Waals surface area contributed by atoms with Crippen LogP contribution in [0.3, 0.4) is 0 Å². The maximum atomic E-state index is 12.2. The molecule has 1 aromatic rings. The quantitative estimate of drug-likeness (QED) is 0.750. The molecule has 1 heterocycles. The van der Waals surface area contributed by atoms with E-state index in [9.17, 15) is 8.42 Å². The first kappa shape index (κ1) is 15.8. The highest BCUT2D eigenvalue weighted by Gasteiger charge is 2.35. The zero-order valence-electron chi connectivity index (χ0n) is 12.0. The van der Waals surface area contributed by atoms with Gasteiger partial charge in [0.2, 0.25) is 0 Å². The van der Waals surface area contributed by atoms with Crippen LogP contribution in [0.5, 0.6) is 5.75 Å². The van der Waals surface area contributed by atoms with Crippen LogP contribution < -0.4 is 4.74 Å². The Morgan fingerprint density at radius 2 is 2.19 bits per heavy atom. The van der Waals surface area contributed by atoms with Crippen molar-refractivity contribution in [2.24, 2.45) is 0 Å². The van der Waals surface area contributed by atoms with Gasteiger partial charge in [-0.25, -0.2) is 8.42 Å². The number of hydrogen-bond acceptors (Lipinski definition) is 5. The van der Waals surface area contributed by atoms with Gasteiger partial charge in [-0.1, -0.05) is 12.1 Å². The molecule has 1 aliphatic rings. The van der Waals surface area contributed by atoms with Gasteiger partial charge < -0.3 is 9.47 Å². The molecule has 0 radical (unpaired) electrons. The van der Waals surface area contributed by atoms with Gasteiger partial charge >= 0.3 is 0 Å². The van der Waals surface area contributed by atoms with E-state index >= 15 is 0 Å². The number of para-hydroxylation sites is 1. The highest BCUT2D eigenvalue weighted by atomic mass is 32.2. The molecule has 0 amide bonds. The zero-order valence-corrected chi connectivity index (χ0v) is 12.8. The molecule has 21 heavy (non-hydrogen) atoms. The highest BCUT2D eigenvalue weighted by Crippen LogP contribution is 2.22. The van der Waals surface area contributed by atoms with E-state index in [-0.39, 0.29) is 18.5 Å². The van der Waals surface area contributed by atoms with Gasteiger partial charge in [0.05, 0.1) is 29.3 Å². The number of nitrogens with zero attached hydrogens (tertiary/aromatic N) is 1. The van der Waals surface area contributed by atoms with Gasteiger partial charge in [0.15, 0.2) is 9.84 Å². The van der Waals surface area contributed by atoms with Crippen LogP contribution in [0.1, 0.15) is 25.3 Å². The summed E-state index contributed by atoms with van der Waals surface area (Å²) in [4.78, 5) is 0. The fourth-order valence-corrected chi connectivity index (χ4v) is 4.40. The summed E-state index contributed by atoms with van der Waals surface area (Å²) in [6, 6.07) is 8.97. The lowest BCUT2D eigenvalue weighted by molar-refractivity contribution is 0.126. The Balaban J connectivity index is 1.83. The van der Waals surface area contributed by atoms with E-state index in [2.05, 4.69) is 0 Å². The zero-order chi connectivity index (χ0) is 15.3. The Hall–Kier alpha value is -1.58. The molecule has 1 aliphatic heterocycles. The first-order valence-corrected chi connectivity index (χ1v) is 8.71. The van der Waals surface area contributed by atoms with Gasteiger partial charge in [-0.15, -0.1) is 0 Å². The second kappa shape index (κ2) is 6.92. The standard InChI is InChI=1S/C15H19NO4S/c1-12-15(7-9-19-12)21(17,18)10-4-8-20-14-6-3-2-5-13(14)11-16/h2-3,5-6,12,15H,4,7-10H2,1H3. The maximum Gasteiger partial charge on any atom is 0.155 e. The molecule has 2 unspecified atom stereocenters. The first-order chi connectivity index (χ1) is 10.0. The van der Waals surface area contributed by atoms with Crippen LogP contribution in [-0.2, 0) is 14.6 Å². The molecular weight excluding hydrogens is 290 g/mol. The molecule has 2 atom stereocenters. The number of nitriles is 1. The van der Waals surface area contributed by atoms with Gasteiger partial charge in [-0.2, -0.15) is 5.26 Å². The number of sulfone groups is 1. The third-order valence-electron chi connectivity index (χ3n) is 3.61. The minimum absolute atomic E-state index is 0.0834. The Morgan fingerprint density at radius 3 is 2.86 bits per heavy atom. The summed E-state index contributed by atoms with van der Waals surface area (Å²) >= 11 is 0. The van der Waals surface area contributed by atoms with Gasteiger partial charge in [0.1, 0.15) is 11.8 Å². The number of ether oxygens (including phenoxy) is 2. The molecule has 1 saturated heterocycles. The Kier molecular flexibility index (Phi) is 5.21. The second-order valence-corrected chi connectivity index (χ2v) is 7.42. The molecular formula is C15H19NO4S. The van der Waals surface area contributed by atoms with Gasteiger partial charge in [-0.05, 0) is 31.9 Å². The van der Waals surface area contributed by atoms with E-state index < -0.39 is 15.1 Å². The van der Waals surface area contributed by atoms with Crippen LogP contribution in [0.15, 0.2) is 24.3 Å². The van der Waals surface area contributed by atoms with Crippen LogP contribution in [-0.4, -0.2) is 38.7 Å². The lowest BCUT2D eigenvalue weighted by Gasteiger charge is -2.15. The third kappa shape index (κ3) is 3.96. The van der Waals surface area contributed by atoms with Crippen LogP contribution >= 0.6 is 0 Å². The molecule has 1 fully saturated rings. The predicted octanol–water partition coefficient (Wildman–Crippen LogP) is 1.92. The second-order valence-electron chi connectivity index (χ2n) is 5.08. The van der Waals surface area contributed by atoms with Crippen molar-refractivity contribution in [1.82, 2.24) is 0 Å². The molecule has 5 nitrogen and oxygen atoms in total. The van der Waals surface area contributed by atoms with Crippen LogP contribution in [0, 0.1) is 11.3 Å². The van der Waals surface area contributed by atoms with E-state index in [1.807, 2.05) is 6.07 Å². The summed E-state index contributed by atoms with van der Waals surface area (Å²) < 4.78 is 35.2. The molecule has 1 aromatic carbocycles. The topological polar surface area (TPSA) is 76.4 Å². The van der Waals surface area contributed by atoms with Crippen molar-refractivity contribution in [3.8, 4) is 11.8 Å². The van der Waals surface area contributed by atoms with Crippen molar-refractivity contribution in [3.05, 3.63) is 29.8 Å². The summed E-state index contributed by atoms with van der Waals surface area (Å²) in [5, 5.41) is 8.54. The van der Waals surface area contributed by atoms with Crippen molar-refractivity contribution >= 4 is 9.84 Å². The monoisotopic (exact) mass is 309 g/mol. The van der Waals surface area contributed by atoms with Crippen molar-refractivity contribution < 1.29 is 17.9 Å². The molecule has 2 rings (SSSR count). The highest BCUT2D eigenvalue weighted by molar-refractivity contribution is 7.92. The van der Waals surface area contributed by atoms with Gasteiger partial charge in [0.25, 0.3) is 0 Å². The summed E-state index contributed by atoms with van der Waals surface area (Å²) in [5.41, 5.74) is 0.457. The van der Waals surface area contributed by atoms with Crippen molar-refractivity contribution in [2.45, 2.75) is 31.1 Å². The lowest BCUT2D eigenvalue weighted by atomic mass is 10.2. The predicted molar refractivity (Wildman–Crippen MR) is 78.9 cm³/mol. The van der Waals surface area contributed by atoms with Crippen LogP contribution in [0.2, 0.25) is 0 Å². The largest absolute Gasteiger partial charge is 0.492 e. The number of benzene rings is 1. The van der Waals surface area contributed by atoms with E-state index in [1.54, 1.807) is 31.2 Å². The summed E-state index contributed by atoms with van der Waals surface area (Å²) in [6.07, 6.45) is 0.752. The minimum Gasteiger partial charge on any atom is -0.492 e. The van der Waals surface area contributed by atoms with Gasteiger partial charge in [-0.3, -0.25) is 0 Å². The lowest BCUT2D eigenvalue weighted by Crippen LogP contribution is -2.30. The van der Waals surface area contributed by atoms with E-state index in [0.29, 0.717) is 30.8 Å². The fraction of sp³-hybridized carbons (Fsp3) is 0.533. The average molecular weight is 309 g/mol. The molecule has 0 N–H and O–H groups in total. The molecule has 0 bridgehead atoms. The Bertz CT molecular complexity index is 621. The molecule has 6 heteroatoms. The SMILES string of the molecule is CC1OCCC1S(=O)(=O)CCCOc1ccccc1C#N. The Morgan fingerprint density at radius 1 is 1.43 bits per heavy atom. The number of hydrogen-bond donors (Lipinski definition) is 0. The van der Waals surface area contributed by atoms with Crippen molar-refractivity contribution in [3.63, 3.8) is 0 Å². The fourth-order valence-electron chi connectivity index (χ4n) is 2.46. The van der Waals surface area contributed by atoms with Crippen LogP contribution in [0.4, 0.5) is 0 Å². The normalized spacial score (nSPS) is 21.9. The van der Waals surface area contributed by atoms with E-state index in [4.69, 9.17) is 14.7 Å². The van der Waals surface area contributed by atoms with E-state index in [1.165, 1.54) is 0 Å². The Labute approximate surface area is 125 Å². The van der Waals surface area contributed by atoms with Crippen molar-refractivity contribution in [1.29, 1.82) is 5.26 Å². The summed E-state index contributed by atoms with van der Waals surface area (Å²) in [7, 11) is -3.15. The maximum absolute atomic E-state index is 12.2. The molecule has 0 aliphatic carbocycles. The smallest absolute Gasteiger partial charge is 0.155 e. The molecule has 114 valence electrons. The number of rotatable bonds is 6. The first-order valence-electron chi connectivity index (χ1n) is 6.99. The molecule has 0 spiro atoms. The van der Waals surface area contributed by atoms with Crippen LogP contribution in [0.25, 0.3) is 0 Å². The van der Waals surface area contributed by atoms with Crippen molar-refractivity contribution in [2.75, 3.05) is 19.0 Å². The third-order valence-corrected chi connectivity index (χ3v) is 6.01. The molecule has 0 saturated carbocycles. The average Bonchev–Trinajstić information content (AvgIpc) is 2.91.